The number of morpholine rings is 1. The van der Waals surface area contributed by atoms with E-state index in [0.29, 0.717) is 9.71 Å². The number of carboxylic acid groups (broad SMARTS) is 1. The molecule has 1 aliphatic rings. The highest BCUT2D eigenvalue weighted by molar-refractivity contribution is 7.20. The Balaban J connectivity index is 1.64. The number of fused-ring (bicyclic) bond motifs is 1. The van der Waals surface area contributed by atoms with Gasteiger partial charge in [0.25, 0.3) is 0 Å². The highest BCUT2D eigenvalue weighted by atomic mass is 32.1. The smallest absolute Gasteiger partial charge is 0.346 e. The Morgan fingerprint density at radius 2 is 2.22 bits per heavy atom. The number of aryl methyl sites for hydroxylation is 1. The van der Waals surface area contributed by atoms with Gasteiger partial charge in [0.05, 0.1) is 18.6 Å². The first-order valence-corrected chi connectivity index (χ1v) is 8.50. The Morgan fingerprint density at radius 3 is 2.96 bits per heavy atom. The molecule has 3 rings (SSSR count). The van der Waals surface area contributed by atoms with Crippen LogP contribution in [0.2, 0.25) is 0 Å². The van der Waals surface area contributed by atoms with E-state index in [4.69, 9.17) is 4.74 Å². The number of hydrogen-bond acceptors (Lipinski definition) is 7. The molecular formula is C15H20N4O3S. The first kappa shape index (κ1) is 16.1. The van der Waals surface area contributed by atoms with Crippen LogP contribution in [0, 0.1) is 6.92 Å². The van der Waals surface area contributed by atoms with Gasteiger partial charge in [-0.1, -0.05) is 0 Å². The first-order valence-electron chi connectivity index (χ1n) is 7.68. The third-order valence-electron chi connectivity index (χ3n) is 3.97. The summed E-state index contributed by atoms with van der Waals surface area (Å²) < 4.78 is 5.34. The van der Waals surface area contributed by atoms with E-state index in [1.54, 1.807) is 0 Å². The number of ether oxygens (including phenoxy) is 1. The van der Waals surface area contributed by atoms with E-state index in [0.717, 1.165) is 62.6 Å². The molecule has 0 spiro atoms. The fourth-order valence-corrected chi connectivity index (χ4v) is 3.73. The molecule has 23 heavy (non-hydrogen) atoms. The lowest BCUT2D eigenvalue weighted by molar-refractivity contribution is 0.0378. The number of aromatic carboxylic acids is 1. The molecule has 1 fully saturated rings. The summed E-state index contributed by atoms with van der Waals surface area (Å²) in [6.07, 6.45) is 2.48. The summed E-state index contributed by atoms with van der Waals surface area (Å²) in [5.74, 6) is -0.193. The number of nitrogens with one attached hydrogen (secondary N) is 1. The lowest BCUT2D eigenvalue weighted by Crippen LogP contribution is -2.37. The van der Waals surface area contributed by atoms with Gasteiger partial charge in [-0.25, -0.2) is 14.8 Å². The highest BCUT2D eigenvalue weighted by Crippen LogP contribution is 2.33. The van der Waals surface area contributed by atoms with Gasteiger partial charge >= 0.3 is 5.97 Å². The van der Waals surface area contributed by atoms with Crippen molar-refractivity contribution in [3.63, 3.8) is 0 Å². The van der Waals surface area contributed by atoms with E-state index >= 15 is 0 Å². The minimum absolute atomic E-state index is 0.330. The predicted octanol–water partition coefficient (Wildman–Crippen LogP) is 1.83. The minimum atomic E-state index is -0.913. The Bertz CT molecular complexity index is 697. The Kier molecular flexibility index (Phi) is 5.04. The van der Waals surface area contributed by atoms with E-state index in [2.05, 4.69) is 20.2 Å². The molecule has 124 valence electrons. The standard InChI is InChI=1S/C15H20N4O3S/c1-10-11-13(16-3-2-4-19-5-7-22-8-6-19)17-9-18-14(11)23-12(10)15(20)21/h9H,2-8H2,1H3,(H,20,21)(H,16,17,18). The van der Waals surface area contributed by atoms with Crippen LogP contribution < -0.4 is 5.32 Å². The molecular weight excluding hydrogens is 316 g/mol. The molecule has 3 heterocycles. The van der Waals surface area contributed by atoms with Crippen molar-refractivity contribution in [2.45, 2.75) is 13.3 Å². The molecule has 2 aromatic heterocycles. The second-order valence-electron chi connectivity index (χ2n) is 5.50. The monoisotopic (exact) mass is 336 g/mol. The number of rotatable bonds is 6. The van der Waals surface area contributed by atoms with Crippen molar-refractivity contribution < 1.29 is 14.6 Å². The van der Waals surface area contributed by atoms with Gasteiger partial charge in [0.2, 0.25) is 0 Å². The van der Waals surface area contributed by atoms with Gasteiger partial charge in [-0.2, -0.15) is 0 Å². The number of nitrogens with zero attached hydrogens (tertiary/aromatic N) is 3. The number of anilines is 1. The van der Waals surface area contributed by atoms with Crippen molar-refractivity contribution in [2.24, 2.45) is 0 Å². The van der Waals surface area contributed by atoms with Crippen molar-refractivity contribution in [3.05, 3.63) is 16.8 Å². The van der Waals surface area contributed by atoms with Crippen LogP contribution in [-0.4, -0.2) is 65.3 Å². The Morgan fingerprint density at radius 1 is 1.43 bits per heavy atom. The van der Waals surface area contributed by atoms with E-state index in [1.165, 1.54) is 17.7 Å². The van der Waals surface area contributed by atoms with E-state index in [-0.39, 0.29) is 0 Å². The molecule has 8 heteroatoms. The lowest BCUT2D eigenvalue weighted by atomic mass is 10.2. The van der Waals surface area contributed by atoms with Gasteiger partial charge in [-0.05, 0) is 25.5 Å². The maximum absolute atomic E-state index is 11.3. The molecule has 0 atom stereocenters. The van der Waals surface area contributed by atoms with E-state index in [9.17, 15) is 9.90 Å². The molecule has 0 aromatic carbocycles. The van der Waals surface area contributed by atoms with Crippen molar-refractivity contribution in [1.29, 1.82) is 0 Å². The van der Waals surface area contributed by atoms with Crippen LogP contribution >= 0.6 is 11.3 Å². The van der Waals surface area contributed by atoms with Crippen LogP contribution in [0.1, 0.15) is 21.7 Å². The summed E-state index contributed by atoms with van der Waals surface area (Å²) in [4.78, 5) is 23.2. The van der Waals surface area contributed by atoms with Gasteiger partial charge in [0, 0.05) is 19.6 Å². The number of aromatic nitrogens is 2. The van der Waals surface area contributed by atoms with Crippen LogP contribution in [0.5, 0.6) is 0 Å². The summed E-state index contributed by atoms with van der Waals surface area (Å²) in [5, 5.41) is 13.4. The molecule has 2 aromatic rings. The van der Waals surface area contributed by atoms with Crippen molar-refractivity contribution in [1.82, 2.24) is 14.9 Å². The predicted molar refractivity (Wildman–Crippen MR) is 89.5 cm³/mol. The molecule has 0 unspecified atom stereocenters. The second kappa shape index (κ2) is 7.20. The van der Waals surface area contributed by atoms with Crippen molar-refractivity contribution >= 4 is 33.3 Å². The summed E-state index contributed by atoms with van der Waals surface area (Å²) >= 11 is 1.20. The summed E-state index contributed by atoms with van der Waals surface area (Å²) in [5.41, 5.74) is 0.730. The summed E-state index contributed by atoms with van der Waals surface area (Å²) in [6, 6.07) is 0. The molecule has 0 radical (unpaired) electrons. The zero-order valence-electron chi connectivity index (χ0n) is 13.0. The largest absolute Gasteiger partial charge is 0.477 e. The van der Waals surface area contributed by atoms with Crippen molar-refractivity contribution in [2.75, 3.05) is 44.7 Å². The molecule has 1 saturated heterocycles. The van der Waals surface area contributed by atoms with Crippen LogP contribution in [-0.2, 0) is 4.74 Å². The zero-order chi connectivity index (χ0) is 16.2. The average Bonchev–Trinajstić information content (AvgIpc) is 2.91. The summed E-state index contributed by atoms with van der Waals surface area (Å²) in [7, 11) is 0. The highest BCUT2D eigenvalue weighted by Gasteiger charge is 2.18. The van der Waals surface area contributed by atoms with Crippen LogP contribution in [0.3, 0.4) is 0 Å². The molecule has 7 nitrogen and oxygen atoms in total. The third kappa shape index (κ3) is 3.60. The maximum atomic E-state index is 11.3. The summed E-state index contributed by atoms with van der Waals surface area (Å²) in [6.45, 7) is 7.23. The van der Waals surface area contributed by atoms with Crippen LogP contribution in [0.15, 0.2) is 6.33 Å². The fourth-order valence-electron chi connectivity index (χ4n) is 2.74. The van der Waals surface area contributed by atoms with Gasteiger partial charge in [-0.15, -0.1) is 11.3 Å². The van der Waals surface area contributed by atoms with E-state index < -0.39 is 5.97 Å². The maximum Gasteiger partial charge on any atom is 0.346 e. The minimum Gasteiger partial charge on any atom is -0.477 e. The molecule has 2 N–H and O–H groups in total. The van der Waals surface area contributed by atoms with Gasteiger partial charge < -0.3 is 15.2 Å². The Labute approximate surface area is 138 Å². The number of thiophene rings is 1. The van der Waals surface area contributed by atoms with Crippen molar-refractivity contribution in [3.8, 4) is 0 Å². The zero-order valence-corrected chi connectivity index (χ0v) is 13.9. The van der Waals surface area contributed by atoms with Gasteiger partial charge in [0.1, 0.15) is 21.9 Å². The molecule has 0 aliphatic carbocycles. The molecule has 0 bridgehead atoms. The number of carbonyl (C=O) groups is 1. The van der Waals surface area contributed by atoms with Crippen LogP contribution in [0.25, 0.3) is 10.2 Å². The van der Waals surface area contributed by atoms with Gasteiger partial charge in [-0.3, -0.25) is 4.90 Å². The topological polar surface area (TPSA) is 87.6 Å². The second-order valence-corrected chi connectivity index (χ2v) is 6.50. The van der Waals surface area contributed by atoms with E-state index in [1.807, 2.05) is 6.92 Å². The quantitative estimate of drug-likeness (QED) is 0.778. The van der Waals surface area contributed by atoms with Gasteiger partial charge in [0.15, 0.2) is 0 Å². The molecule has 0 amide bonds. The first-order chi connectivity index (χ1) is 11.2. The molecule has 1 aliphatic heterocycles. The number of hydrogen-bond donors (Lipinski definition) is 2. The third-order valence-corrected chi connectivity index (χ3v) is 5.16. The fraction of sp³-hybridized carbons (Fsp3) is 0.533. The lowest BCUT2D eigenvalue weighted by Gasteiger charge is -2.26. The SMILES string of the molecule is Cc1c(C(=O)O)sc2ncnc(NCCCN3CCOCC3)c12. The average molecular weight is 336 g/mol. The molecule has 0 saturated carbocycles. The Hall–Kier alpha value is -1.77. The van der Waals surface area contributed by atoms with Crippen LogP contribution in [0.4, 0.5) is 5.82 Å². The normalized spacial score (nSPS) is 15.9. The number of carboxylic acids is 1.